The van der Waals surface area contributed by atoms with E-state index in [1.165, 1.54) is 0 Å². The minimum Gasteiger partial charge on any atom is -0.493 e. The molecule has 0 aliphatic rings. The fourth-order valence-corrected chi connectivity index (χ4v) is 4.15. The van der Waals surface area contributed by atoms with Crippen LogP contribution in [-0.2, 0) is 11.3 Å². The van der Waals surface area contributed by atoms with Crippen molar-refractivity contribution < 1.29 is 19.1 Å². The molecule has 0 spiro atoms. The number of rotatable bonds is 9. The van der Waals surface area contributed by atoms with E-state index in [1.54, 1.807) is 93.1 Å². The van der Waals surface area contributed by atoms with Crippen LogP contribution in [0, 0.1) is 0 Å². The van der Waals surface area contributed by atoms with Gasteiger partial charge in [0.25, 0.3) is 11.8 Å². The molecule has 0 radical (unpaired) electrons. The molecule has 0 atom stereocenters. The van der Waals surface area contributed by atoms with Crippen LogP contribution in [0.2, 0.25) is 5.02 Å². The van der Waals surface area contributed by atoms with Gasteiger partial charge >= 0.3 is 0 Å². The Balaban J connectivity index is 1.51. The molecule has 0 aromatic heterocycles. The summed E-state index contributed by atoms with van der Waals surface area (Å²) in [5, 5.41) is 6.21. The summed E-state index contributed by atoms with van der Waals surface area (Å²) in [6.45, 7) is 0.250. The molecule has 0 bridgehead atoms. The molecule has 2 amide bonds. The van der Waals surface area contributed by atoms with Gasteiger partial charge in [-0.2, -0.15) is 0 Å². The molecule has 0 unspecified atom stereocenters. The van der Waals surface area contributed by atoms with Crippen molar-refractivity contribution >= 4 is 46.4 Å². The van der Waals surface area contributed by atoms with Crippen LogP contribution in [0.4, 0.5) is 11.4 Å². The third-order valence-corrected chi connectivity index (χ3v) is 6.34. The van der Waals surface area contributed by atoms with Crippen molar-refractivity contribution in [3.8, 4) is 11.5 Å². The predicted molar refractivity (Wildman–Crippen MR) is 156 cm³/mol. The van der Waals surface area contributed by atoms with Gasteiger partial charge in [0.15, 0.2) is 11.5 Å². The quantitative estimate of drug-likeness (QED) is 0.136. The number of nitrogens with two attached hydrogens (primary N) is 1. The standard InChI is InChI=1S/C31H28ClN3O4/c1-38-28-16-13-21(18-29(28)39-2)17-24(23-7-3-4-8-25(23)32)31(37)34-19-20-11-14-22(15-12-20)30(36)35-27-10-6-5-9-26(27)33/h3-18H,19,33H2,1-2H3,(H,34,37)(H,35,36)/b24-17+. The van der Waals surface area contributed by atoms with E-state index >= 15 is 0 Å². The van der Waals surface area contributed by atoms with Gasteiger partial charge in [-0.15, -0.1) is 0 Å². The maximum atomic E-state index is 13.4. The first-order valence-corrected chi connectivity index (χ1v) is 12.5. The first kappa shape index (κ1) is 27.3. The normalized spacial score (nSPS) is 11.0. The average Bonchev–Trinajstić information content (AvgIpc) is 2.96. The number of hydrogen-bond acceptors (Lipinski definition) is 5. The average molecular weight is 542 g/mol. The monoisotopic (exact) mass is 541 g/mol. The molecule has 4 aromatic carbocycles. The number of nitrogens with one attached hydrogen (secondary N) is 2. The van der Waals surface area contributed by atoms with Crippen LogP contribution in [0.3, 0.4) is 0 Å². The van der Waals surface area contributed by atoms with Crippen LogP contribution < -0.4 is 25.8 Å². The molecular weight excluding hydrogens is 514 g/mol. The summed E-state index contributed by atoms with van der Waals surface area (Å²) in [5.41, 5.74) is 9.97. The zero-order chi connectivity index (χ0) is 27.8. The molecule has 198 valence electrons. The number of para-hydroxylation sites is 2. The van der Waals surface area contributed by atoms with Crippen molar-refractivity contribution in [3.05, 3.63) is 118 Å². The first-order valence-electron chi connectivity index (χ1n) is 12.1. The van der Waals surface area contributed by atoms with Crippen LogP contribution in [0.5, 0.6) is 11.5 Å². The van der Waals surface area contributed by atoms with E-state index in [0.29, 0.717) is 44.6 Å². The summed E-state index contributed by atoms with van der Waals surface area (Å²) in [4.78, 5) is 26.0. The maximum absolute atomic E-state index is 13.4. The Morgan fingerprint density at radius 3 is 2.26 bits per heavy atom. The summed E-state index contributed by atoms with van der Waals surface area (Å²) in [7, 11) is 3.12. The van der Waals surface area contributed by atoms with Gasteiger partial charge in [0, 0.05) is 28.3 Å². The van der Waals surface area contributed by atoms with Crippen LogP contribution in [0.1, 0.15) is 27.0 Å². The predicted octanol–water partition coefficient (Wildman–Crippen LogP) is 6.05. The van der Waals surface area contributed by atoms with Crippen molar-refractivity contribution in [1.29, 1.82) is 0 Å². The largest absolute Gasteiger partial charge is 0.493 e. The van der Waals surface area contributed by atoms with Crippen LogP contribution >= 0.6 is 11.6 Å². The number of anilines is 2. The lowest BCUT2D eigenvalue weighted by atomic mass is 10.0. The lowest BCUT2D eigenvalue weighted by molar-refractivity contribution is -0.115. The lowest BCUT2D eigenvalue weighted by Crippen LogP contribution is -2.24. The van der Waals surface area contributed by atoms with Crippen molar-refractivity contribution in [1.82, 2.24) is 5.32 Å². The van der Waals surface area contributed by atoms with Gasteiger partial charge in [0.05, 0.1) is 25.6 Å². The van der Waals surface area contributed by atoms with Gasteiger partial charge in [0.2, 0.25) is 0 Å². The maximum Gasteiger partial charge on any atom is 0.255 e. The zero-order valence-corrected chi connectivity index (χ0v) is 22.3. The third kappa shape index (κ3) is 6.77. The first-order chi connectivity index (χ1) is 18.9. The molecule has 4 N–H and O–H groups in total. The van der Waals surface area contributed by atoms with E-state index in [2.05, 4.69) is 10.6 Å². The summed E-state index contributed by atoms with van der Waals surface area (Å²) in [6.07, 6.45) is 1.75. The van der Waals surface area contributed by atoms with Crippen LogP contribution in [-0.4, -0.2) is 26.0 Å². The number of amides is 2. The summed E-state index contributed by atoms with van der Waals surface area (Å²) in [5.74, 6) is 0.550. The molecule has 0 saturated heterocycles. The minimum absolute atomic E-state index is 0.250. The molecule has 8 heteroatoms. The fourth-order valence-electron chi connectivity index (χ4n) is 3.91. The number of carbonyl (C=O) groups excluding carboxylic acids is 2. The molecule has 4 rings (SSSR count). The smallest absolute Gasteiger partial charge is 0.255 e. The van der Waals surface area contributed by atoms with Gasteiger partial charge in [0.1, 0.15) is 0 Å². The van der Waals surface area contributed by atoms with Crippen LogP contribution in [0.15, 0.2) is 91.0 Å². The Morgan fingerprint density at radius 1 is 0.872 bits per heavy atom. The number of methoxy groups -OCH3 is 2. The van der Waals surface area contributed by atoms with Crippen molar-refractivity contribution in [2.75, 3.05) is 25.3 Å². The number of nitrogen functional groups attached to an aromatic ring is 1. The van der Waals surface area contributed by atoms with Crippen LogP contribution in [0.25, 0.3) is 11.6 Å². The number of ether oxygens (including phenoxy) is 2. The summed E-state index contributed by atoms with van der Waals surface area (Å²) < 4.78 is 10.7. The second kappa shape index (κ2) is 12.7. The SMILES string of the molecule is COc1ccc(/C=C(/C(=O)NCc2ccc(C(=O)Nc3ccccc3N)cc2)c2ccccc2Cl)cc1OC. The molecule has 0 fully saturated rings. The lowest BCUT2D eigenvalue weighted by Gasteiger charge is -2.13. The number of carbonyl (C=O) groups is 2. The van der Waals surface area contributed by atoms with Gasteiger partial charge in [-0.3, -0.25) is 9.59 Å². The highest BCUT2D eigenvalue weighted by Crippen LogP contribution is 2.31. The Bertz CT molecular complexity index is 1520. The van der Waals surface area contributed by atoms with E-state index in [4.69, 9.17) is 26.8 Å². The highest BCUT2D eigenvalue weighted by Gasteiger charge is 2.16. The molecular formula is C31H28ClN3O4. The minimum atomic E-state index is -0.306. The molecule has 0 heterocycles. The molecule has 0 saturated carbocycles. The van der Waals surface area contributed by atoms with E-state index in [9.17, 15) is 9.59 Å². The van der Waals surface area contributed by atoms with E-state index in [-0.39, 0.29) is 18.4 Å². The van der Waals surface area contributed by atoms with Gasteiger partial charge < -0.3 is 25.8 Å². The van der Waals surface area contributed by atoms with E-state index in [0.717, 1.165) is 11.1 Å². The summed E-state index contributed by atoms with van der Waals surface area (Å²) >= 11 is 6.46. The molecule has 0 aliphatic carbocycles. The Hall–Kier alpha value is -4.75. The zero-order valence-electron chi connectivity index (χ0n) is 21.5. The fraction of sp³-hybridized carbons (Fsp3) is 0.0968. The Kier molecular flexibility index (Phi) is 8.86. The molecule has 7 nitrogen and oxygen atoms in total. The Labute approximate surface area is 232 Å². The van der Waals surface area contributed by atoms with Crippen molar-refractivity contribution in [2.24, 2.45) is 0 Å². The third-order valence-electron chi connectivity index (χ3n) is 6.01. The summed E-state index contributed by atoms with van der Waals surface area (Å²) in [6, 6.07) is 26.6. The number of halogens is 1. The van der Waals surface area contributed by atoms with E-state index in [1.807, 2.05) is 18.2 Å². The second-order valence-electron chi connectivity index (χ2n) is 8.57. The van der Waals surface area contributed by atoms with Gasteiger partial charge in [-0.1, -0.05) is 60.1 Å². The Morgan fingerprint density at radius 2 is 1.56 bits per heavy atom. The molecule has 0 aliphatic heterocycles. The molecule has 4 aromatic rings. The number of benzene rings is 4. The van der Waals surface area contributed by atoms with Gasteiger partial charge in [-0.25, -0.2) is 0 Å². The highest BCUT2D eigenvalue weighted by atomic mass is 35.5. The van der Waals surface area contributed by atoms with E-state index < -0.39 is 0 Å². The molecule has 39 heavy (non-hydrogen) atoms. The van der Waals surface area contributed by atoms with Crippen molar-refractivity contribution in [3.63, 3.8) is 0 Å². The highest BCUT2D eigenvalue weighted by molar-refractivity contribution is 6.36. The number of hydrogen-bond donors (Lipinski definition) is 3. The van der Waals surface area contributed by atoms with Gasteiger partial charge in [-0.05, 0) is 59.7 Å². The second-order valence-corrected chi connectivity index (χ2v) is 8.98. The topological polar surface area (TPSA) is 103 Å². The van der Waals surface area contributed by atoms with Crippen molar-refractivity contribution in [2.45, 2.75) is 6.54 Å².